The van der Waals surface area contributed by atoms with E-state index in [2.05, 4.69) is 15.9 Å². The van der Waals surface area contributed by atoms with Crippen LogP contribution in [0.3, 0.4) is 0 Å². The molecule has 0 atom stereocenters. The third kappa shape index (κ3) is 3.70. The molecule has 2 rings (SSSR count). The number of fused-ring (bicyclic) bond motifs is 1. The van der Waals surface area contributed by atoms with Crippen LogP contribution in [0, 0.1) is 0 Å². The van der Waals surface area contributed by atoms with Gasteiger partial charge in [0.05, 0.1) is 12.1 Å². The number of para-hydroxylation sites is 1. The molecule has 0 aliphatic carbocycles. The Morgan fingerprint density at radius 2 is 2.04 bits per heavy atom. The first-order valence-electron chi connectivity index (χ1n) is 7.64. The lowest BCUT2D eigenvalue weighted by atomic mass is 10.1. The predicted molar refractivity (Wildman–Crippen MR) is 98.2 cm³/mol. The van der Waals surface area contributed by atoms with Gasteiger partial charge >= 0.3 is 5.97 Å². The first-order valence-corrected chi connectivity index (χ1v) is 8.76. The normalized spacial score (nSPS) is 11.6. The molecule has 6 heteroatoms. The second kappa shape index (κ2) is 8.15. The van der Waals surface area contributed by atoms with E-state index in [1.54, 1.807) is 14.0 Å². The third-order valence-electron chi connectivity index (χ3n) is 3.61. The lowest BCUT2D eigenvalue weighted by molar-refractivity contribution is 0.0519. The number of pyridine rings is 1. The van der Waals surface area contributed by atoms with Crippen LogP contribution in [-0.4, -0.2) is 29.1 Å². The van der Waals surface area contributed by atoms with Crippen LogP contribution in [-0.2, 0) is 11.8 Å². The lowest BCUT2D eigenvalue weighted by Gasteiger charge is -2.15. The molecule has 0 aliphatic rings. The minimum atomic E-state index is -0.667. The second-order valence-electron chi connectivity index (χ2n) is 5.30. The number of aryl methyl sites for hydroxylation is 1. The number of esters is 1. The van der Waals surface area contributed by atoms with Gasteiger partial charge in [-0.25, -0.2) is 4.79 Å². The number of carbonyl (C=O) groups is 1. The molecule has 2 aromatic rings. The number of carbonyl (C=O) groups excluding carboxylic acids is 1. The fourth-order valence-corrected chi connectivity index (χ4v) is 2.55. The molecular weight excluding hydrogens is 374 g/mol. The van der Waals surface area contributed by atoms with Crippen molar-refractivity contribution in [3.63, 3.8) is 0 Å². The van der Waals surface area contributed by atoms with Crippen molar-refractivity contribution < 1.29 is 14.3 Å². The zero-order chi connectivity index (χ0) is 17.7. The van der Waals surface area contributed by atoms with Gasteiger partial charge in [-0.2, -0.15) is 0 Å². The van der Waals surface area contributed by atoms with Crippen LogP contribution in [0.25, 0.3) is 10.9 Å². The van der Waals surface area contributed by atoms with Crippen LogP contribution in [0.2, 0.25) is 0 Å². The van der Waals surface area contributed by atoms with Gasteiger partial charge in [0.2, 0.25) is 0 Å². The van der Waals surface area contributed by atoms with E-state index in [1.165, 1.54) is 4.57 Å². The number of halogens is 1. The van der Waals surface area contributed by atoms with Gasteiger partial charge in [-0.15, -0.1) is 0 Å². The molecular formula is C18H20BrNO4. The third-order valence-corrected chi connectivity index (χ3v) is 4.49. The Kier molecular flexibility index (Phi) is 6.20. The summed E-state index contributed by atoms with van der Waals surface area (Å²) in [6.45, 7) is 4.12. The number of alkyl halides is 1. The van der Waals surface area contributed by atoms with E-state index >= 15 is 0 Å². The van der Waals surface area contributed by atoms with Gasteiger partial charge in [-0.1, -0.05) is 33.6 Å². The number of ether oxygens (including phenoxy) is 2. The van der Waals surface area contributed by atoms with Gasteiger partial charge in [0.25, 0.3) is 5.56 Å². The Bertz CT molecular complexity index is 839. The van der Waals surface area contributed by atoms with Crippen LogP contribution >= 0.6 is 15.9 Å². The highest BCUT2D eigenvalue weighted by molar-refractivity contribution is 9.09. The van der Waals surface area contributed by atoms with Crippen LogP contribution in [0.4, 0.5) is 0 Å². The average Bonchev–Trinajstić information content (AvgIpc) is 2.59. The minimum absolute atomic E-state index is 0.0667. The maximum Gasteiger partial charge on any atom is 0.347 e. The number of rotatable bonds is 6. The molecule has 128 valence electrons. The van der Waals surface area contributed by atoms with E-state index in [9.17, 15) is 9.59 Å². The summed E-state index contributed by atoms with van der Waals surface area (Å²) in [6, 6.07) is 7.32. The smallest absolute Gasteiger partial charge is 0.347 e. The van der Waals surface area contributed by atoms with Crippen molar-refractivity contribution in [3.05, 3.63) is 51.8 Å². The number of hydrogen-bond acceptors (Lipinski definition) is 4. The molecule has 24 heavy (non-hydrogen) atoms. The number of hydrogen-bond donors (Lipinski definition) is 0. The van der Waals surface area contributed by atoms with Crippen molar-refractivity contribution in [2.75, 3.05) is 18.5 Å². The highest BCUT2D eigenvalue weighted by Crippen LogP contribution is 2.28. The molecule has 0 saturated heterocycles. The van der Waals surface area contributed by atoms with Crippen LogP contribution in [0.15, 0.2) is 40.7 Å². The van der Waals surface area contributed by atoms with Gasteiger partial charge in [0.15, 0.2) is 5.56 Å². The number of aromatic nitrogens is 1. The second-order valence-corrected chi connectivity index (χ2v) is 5.86. The molecule has 0 fully saturated rings. The zero-order valence-corrected chi connectivity index (χ0v) is 15.6. The highest BCUT2D eigenvalue weighted by Gasteiger charge is 2.23. The molecule has 0 bridgehead atoms. The van der Waals surface area contributed by atoms with E-state index in [0.29, 0.717) is 10.9 Å². The summed E-state index contributed by atoms with van der Waals surface area (Å²) in [4.78, 5) is 24.9. The van der Waals surface area contributed by atoms with E-state index < -0.39 is 11.5 Å². The Morgan fingerprint density at radius 1 is 1.33 bits per heavy atom. The van der Waals surface area contributed by atoms with Crippen LogP contribution < -0.4 is 10.3 Å². The molecule has 1 aromatic carbocycles. The van der Waals surface area contributed by atoms with Gasteiger partial charge < -0.3 is 14.0 Å². The summed E-state index contributed by atoms with van der Waals surface area (Å²) in [5, 5.41) is 1.44. The molecule has 1 aromatic heterocycles. The Hall–Kier alpha value is -2.08. The first-order chi connectivity index (χ1) is 11.5. The highest BCUT2D eigenvalue weighted by atomic mass is 79.9. The first kappa shape index (κ1) is 18.3. The van der Waals surface area contributed by atoms with Gasteiger partial charge in [-0.05, 0) is 32.1 Å². The summed E-state index contributed by atoms with van der Waals surface area (Å²) in [7, 11) is 1.63. The Labute approximate surface area is 149 Å². The largest absolute Gasteiger partial charge is 0.488 e. The standard InChI is InChI=1S/C18H20BrNO4/c1-4-23-18(22)15-16(24-10-9-12(2)11-19)13-7-5-6-8-14(13)20(3)17(15)21/h5-9H,4,10-11H2,1-3H3/b12-9+. The summed E-state index contributed by atoms with van der Waals surface area (Å²) >= 11 is 3.37. The molecule has 5 nitrogen and oxygen atoms in total. The fourth-order valence-electron chi connectivity index (χ4n) is 2.32. The van der Waals surface area contributed by atoms with Gasteiger partial charge in [0, 0.05) is 17.8 Å². The van der Waals surface area contributed by atoms with Crippen molar-refractivity contribution in [3.8, 4) is 5.75 Å². The maximum atomic E-state index is 12.6. The Morgan fingerprint density at radius 3 is 2.71 bits per heavy atom. The molecule has 0 unspecified atom stereocenters. The quantitative estimate of drug-likeness (QED) is 0.428. The Balaban J connectivity index is 2.63. The topological polar surface area (TPSA) is 57.5 Å². The SMILES string of the molecule is CCOC(=O)c1c(OC/C=C(\C)CBr)c2ccccc2n(C)c1=O. The summed E-state index contributed by atoms with van der Waals surface area (Å²) in [6.07, 6.45) is 1.90. The molecule has 0 N–H and O–H groups in total. The van der Waals surface area contributed by atoms with Crippen molar-refractivity contribution in [2.45, 2.75) is 13.8 Å². The zero-order valence-electron chi connectivity index (χ0n) is 14.0. The van der Waals surface area contributed by atoms with Crippen LogP contribution in [0.5, 0.6) is 5.75 Å². The maximum absolute atomic E-state index is 12.6. The van der Waals surface area contributed by atoms with Crippen molar-refractivity contribution >= 4 is 32.8 Å². The molecule has 0 aliphatic heterocycles. The number of nitrogens with zero attached hydrogens (tertiary/aromatic N) is 1. The van der Waals surface area contributed by atoms with Crippen molar-refractivity contribution in [2.24, 2.45) is 7.05 Å². The number of allylic oxidation sites excluding steroid dienone is 1. The fraction of sp³-hybridized carbons (Fsp3) is 0.333. The van der Waals surface area contributed by atoms with Gasteiger partial charge in [0.1, 0.15) is 12.4 Å². The summed E-state index contributed by atoms with van der Waals surface area (Å²) in [5.41, 5.74) is 1.30. The summed E-state index contributed by atoms with van der Waals surface area (Å²) in [5.74, 6) is -0.397. The minimum Gasteiger partial charge on any atom is -0.488 e. The van der Waals surface area contributed by atoms with Crippen molar-refractivity contribution in [1.29, 1.82) is 0 Å². The van der Waals surface area contributed by atoms with Crippen molar-refractivity contribution in [1.82, 2.24) is 4.57 Å². The molecule has 0 spiro atoms. The van der Waals surface area contributed by atoms with Gasteiger partial charge in [-0.3, -0.25) is 4.79 Å². The molecule has 0 amide bonds. The predicted octanol–water partition coefficient (Wildman–Crippen LogP) is 3.44. The van der Waals surface area contributed by atoms with E-state index in [4.69, 9.17) is 9.47 Å². The molecule has 1 heterocycles. The average molecular weight is 394 g/mol. The summed E-state index contributed by atoms with van der Waals surface area (Å²) < 4.78 is 12.3. The number of benzene rings is 1. The van der Waals surface area contributed by atoms with E-state index in [1.807, 2.05) is 37.3 Å². The molecule has 0 radical (unpaired) electrons. The molecule has 0 saturated carbocycles. The monoisotopic (exact) mass is 393 g/mol. The lowest BCUT2D eigenvalue weighted by Crippen LogP contribution is -2.27. The van der Waals surface area contributed by atoms with E-state index in [0.717, 1.165) is 10.9 Å². The van der Waals surface area contributed by atoms with Crippen LogP contribution in [0.1, 0.15) is 24.2 Å². The van der Waals surface area contributed by atoms with E-state index in [-0.39, 0.29) is 24.5 Å².